The number of nitrogens with zero attached hydrogens (tertiary/aromatic N) is 1. The minimum Gasteiger partial charge on any atom is -0.366 e. The first-order valence-corrected chi connectivity index (χ1v) is 8.46. The van der Waals surface area contributed by atoms with E-state index in [-0.39, 0.29) is 4.90 Å². The van der Waals surface area contributed by atoms with Crippen LogP contribution in [0.25, 0.3) is 0 Å². The molecule has 1 saturated heterocycles. The van der Waals surface area contributed by atoms with Crippen molar-refractivity contribution in [3.05, 3.63) is 29.8 Å². The number of nitrogens with one attached hydrogen (secondary N) is 1. The van der Waals surface area contributed by atoms with Gasteiger partial charge in [0.15, 0.2) is 5.11 Å². The number of hydrogen-bond acceptors (Lipinski definition) is 3. The van der Waals surface area contributed by atoms with Crippen LogP contribution in [0.4, 0.5) is 0 Å². The Bertz CT molecular complexity index is 576. The predicted molar refractivity (Wildman–Crippen MR) is 83.0 cm³/mol. The molecule has 110 valence electrons. The standard InChI is InChI=1S/C13H19N3O2S2/c1-15-13(19)16-8-6-11(7-9-16)10-2-4-12(5-3-10)20(14,17)18/h2-5,11H,6-9H2,1H3,(H,15,19)(H2,14,17,18). The van der Waals surface area contributed by atoms with Crippen LogP contribution in [-0.4, -0.2) is 38.6 Å². The van der Waals surface area contributed by atoms with Gasteiger partial charge in [-0.3, -0.25) is 0 Å². The van der Waals surface area contributed by atoms with Gasteiger partial charge in [0.25, 0.3) is 0 Å². The minimum absolute atomic E-state index is 0.162. The van der Waals surface area contributed by atoms with Gasteiger partial charge in [-0.1, -0.05) is 12.1 Å². The van der Waals surface area contributed by atoms with Crippen LogP contribution in [0.15, 0.2) is 29.2 Å². The van der Waals surface area contributed by atoms with Crippen LogP contribution >= 0.6 is 12.2 Å². The lowest BCUT2D eigenvalue weighted by molar-refractivity contribution is 0.311. The molecule has 5 nitrogen and oxygen atoms in total. The second kappa shape index (κ2) is 6.07. The molecule has 7 heteroatoms. The summed E-state index contributed by atoms with van der Waals surface area (Å²) in [5.74, 6) is 0.445. The van der Waals surface area contributed by atoms with Gasteiger partial charge < -0.3 is 10.2 Å². The van der Waals surface area contributed by atoms with Gasteiger partial charge in [0, 0.05) is 20.1 Å². The quantitative estimate of drug-likeness (QED) is 0.797. The van der Waals surface area contributed by atoms with E-state index in [1.54, 1.807) is 12.1 Å². The Hall–Kier alpha value is -1.18. The van der Waals surface area contributed by atoms with Crippen LogP contribution in [-0.2, 0) is 10.0 Å². The van der Waals surface area contributed by atoms with Gasteiger partial charge in [0.2, 0.25) is 10.0 Å². The van der Waals surface area contributed by atoms with E-state index in [4.69, 9.17) is 17.4 Å². The van der Waals surface area contributed by atoms with Crippen molar-refractivity contribution in [3.8, 4) is 0 Å². The summed E-state index contributed by atoms with van der Waals surface area (Å²) in [5.41, 5.74) is 1.16. The maximum absolute atomic E-state index is 11.2. The van der Waals surface area contributed by atoms with Crippen molar-refractivity contribution in [2.24, 2.45) is 5.14 Å². The average Bonchev–Trinajstić information content (AvgIpc) is 2.46. The second-order valence-electron chi connectivity index (χ2n) is 4.93. The number of likely N-dealkylation sites (tertiary alicyclic amines) is 1. The lowest BCUT2D eigenvalue weighted by atomic mass is 9.90. The molecule has 0 amide bonds. The fourth-order valence-electron chi connectivity index (χ4n) is 2.50. The molecule has 0 unspecified atom stereocenters. The Kier molecular flexibility index (Phi) is 4.62. The highest BCUT2D eigenvalue weighted by Gasteiger charge is 2.22. The van der Waals surface area contributed by atoms with Gasteiger partial charge in [-0.05, 0) is 48.7 Å². The molecule has 1 aliphatic heterocycles. The lowest BCUT2D eigenvalue weighted by Crippen LogP contribution is -2.42. The fraction of sp³-hybridized carbons (Fsp3) is 0.462. The molecule has 3 N–H and O–H groups in total. The van der Waals surface area contributed by atoms with E-state index < -0.39 is 10.0 Å². The summed E-state index contributed by atoms with van der Waals surface area (Å²) in [6.45, 7) is 1.84. The van der Waals surface area contributed by atoms with Crippen molar-refractivity contribution in [2.45, 2.75) is 23.7 Å². The Morgan fingerprint density at radius 1 is 1.30 bits per heavy atom. The summed E-state index contributed by atoms with van der Waals surface area (Å²) in [5, 5.41) is 8.87. The molecule has 0 atom stereocenters. The highest BCUT2D eigenvalue weighted by atomic mass is 32.2. The highest BCUT2D eigenvalue weighted by Crippen LogP contribution is 2.28. The van der Waals surface area contributed by atoms with Crippen molar-refractivity contribution < 1.29 is 8.42 Å². The molecule has 0 radical (unpaired) electrons. The first-order valence-electron chi connectivity index (χ1n) is 6.51. The number of piperidine rings is 1. The summed E-state index contributed by atoms with van der Waals surface area (Å²) in [4.78, 5) is 2.32. The third-order valence-corrected chi connectivity index (χ3v) is 5.07. The third kappa shape index (κ3) is 3.47. The van der Waals surface area contributed by atoms with Crippen LogP contribution in [0.1, 0.15) is 24.3 Å². The maximum atomic E-state index is 11.2. The molecule has 1 fully saturated rings. The molecule has 2 rings (SSSR count). The Morgan fingerprint density at radius 3 is 2.30 bits per heavy atom. The topological polar surface area (TPSA) is 75.4 Å². The molecule has 20 heavy (non-hydrogen) atoms. The van der Waals surface area contributed by atoms with Crippen LogP contribution in [0.3, 0.4) is 0 Å². The van der Waals surface area contributed by atoms with Crippen molar-refractivity contribution in [3.63, 3.8) is 0 Å². The van der Waals surface area contributed by atoms with Gasteiger partial charge in [0.05, 0.1) is 4.90 Å². The third-order valence-electron chi connectivity index (χ3n) is 3.68. The Balaban J connectivity index is 2.02. The first kappa shape index (κ1) is 15.2. The van der Waals surface area contributed by atoms with E-state index in [0.29, 0.717) is 5.92 Å². The lowest BCUT2D eigenvalue weighted by Gasteiger charge is -2.33. The second-order valence-corrected chi connectivity index (χ2v) is 6.88. The smallest absolute Gasteiger partial charge is 0.238 e. The molecular weight excluding hydrogens is 294 g/mol. The van der Waals surface area contributed by atoms with E-state index in [1.807, 2.05) is 19.2 Å². The van der Waals surface area contributed by atoms with Crippen molar-refractivity contribution in [2.75, 3.05) is 20.1 Å². The molecule has 1 aromatic rings. The van der Waals surface area contributed by atoms with Gasteiger partial charge in [-0.2, -0.15) is 0 Å². The van der Waals surface area contributed by atoms with Gasteiger partial charge in [-0.15, -0.1) is 0 Å². The molecule has 1 heterocycles. The summed E-state index contributed by atoms with van der Waals surface area (Å²) < 4.78 is 22.4. The number of nitrogens with two attached hydrogens (primary N) is 1. The zero-order chi connectivity index (χ0) is 14.8. The maximum Gasteiger partial charge on any atom is 0.238 e. The van der Waals surface area contributed by atoms with Gasteiger partial charge in [-0.25, -0.2) is 13.6 Å². The normalized spacial score (nSPS) is 17.0. The SMILES string of the molecule is CNC(=S)N1CCC(c2ccc(S(N)(=O)=O)cc2)CC1. The Labute approximate surface area is 125 Å². The molecule has 1 aromatic carbocycles. The summed E-state index contributed by atoms with van der Waals surface area (Å²) in [6.07, 6.45) is 2.02. The van der Waals surface area contributed by atoms with Crippen molar-refractivity contribution in [1.82, 2.24) is 10.2 Å². The number of thiocarbonyl (C=S) groups is 1. The van der Waals surface area contributed by atoms with Gasteiger partial charge in [0.1, 0.15) is 0 Å². The highest BCUT2D eigenvalue weighted by molar-refractivity contribution is 7.89. The van der Waals surface area contributed by atoms with Crippen LogP contribution in [0.5, 0.6) is 0 Å². The van der Waals surface area contributed by atoms with Gasteiger partial charge >= 0.3 is 0 Å². The summed E-state index contributed by atoms with van der Waals surface area (Å²) in [6, 6.07) is 6.87. The Morgan fingerprint density at radius 2 is 1.85 bits per heavy atom. The number of rotatable bonds is 2. The van der Waals surface area contributed by atoms with Crippen LogP contribution in [0.2, 0.25) is 0 Å². The number of benzene rings is 1. The molecule has 0 saturated carbocycles. The van der Waals surface area contributed by atoms with E-state index in [2.05, 4.69) is 10.2 Å². The van der Waals surface area contributed by atoms with Crippen molar-refractivity contribution >= 4 is 27.4 Å². The first-order chi connectivity index (χ1) is 9.41. The molecule has 0 aromatic heterocycles. The van der Waals surface area contributed by atoms with E-state index in [9.17, 15) is 8.42 Å². The monoisotopic (exact) mass is 313 g/mol. The van der Waals surface area contributed by atoms with Crippen molar-refractivity contribution in [1.29, 1.82) is 0 Å². The summed E-state index contributed by atoms with van der Waals surface area (Å²) >= 11 is 5.22. The number of primary sulfonamides is 1. The molecule has 0 aliphatic carbocycles. The zero-order valence-corrected chi connectivity index (χ0v) is 13.0. The van der Waals surface area contributed by atoms with Crippen LogP contribution < -0.4 is 10.5 Å². The largest absolute Gasteiger partial charge is 0.366 e. The molecule has 0 spiro atoms. The summed E-state index contributed by atoms with van der Waals surface area (Å²) in [7, 11) is -1.77. The number of hydrogen-bond donors (Lipinski definition) is 2. The predicted octanol–water partition coefficient (Wildman–Crippen LogP) is 1.02. The number of sulfonamides is 1. The van der Waals surface area contributed by atoms with E-state index in [1.165, 1.54) is 0 Å². The van der Waals surface area contributed by atoms with E-state index >= 15 is 0 Å². The minimum atomic E-state index is -3.61. The average molecular weight is 313 g/mol. The van der Waals surface area contributed by atoms with Crippen LogP contribution in [0, 0.1) is 0 Å². The molecule has 1 aliphatic rings. The zero-order valence-electron chi connectivity index (χ0n) is 11.4. The molecular formula is C13H19N3O2S2. The fourth-order valence-corrected chi connectivity index (χ4v) is 3.20. The van der Waals surface area contributed by atoms with E-state index in [0.717, 1.165) is 36.6 Å². The molecule has 0 bridgehead atoms.